The Labute approximate surface area is 529 Å². The van der Waals surface area contributed by atoms with Crippen molar-refractivity contribution in [3.63, 3.8) is 0 Å². The monoisotopic (exact) mass is 1270 g/mol. The number of aliphatic carboxylic acids is 1. The van der Waals surface area contributed by atoms with Gasteiger partial charge in [0.25, 0.3) is 0 Å². The van der Waals surface area contributed by atoms with Gasteiger partial charge in [-0.15, -0.1) is 0 Å². The Morgan fingerprint density at radius 2 is 1.33 bits per heavy atom. The van der Waals surface area contributed by atoms with E-state index in [0.29, 0.717) is 44.2 Å². The summed E-state index contributed by atoms with van der Waals surface area (Å²) in [6, 6.07) is -0.507. The average Bonchev–Trinajstić information content (AvgIpc) is 2.51. The molecule has 2 aliphatic rings. The molecule has 2 fully saturated rings. The van der Waals surface area contributed by atoms with E-state index in [-0.39, 0.29) is 92.4 Å². The molecule has 1 aromatic rings. The van der Waals surface area contributed by atoms with Crippen molar-refractivity contribution in [3.8, 4) is 0 Å². The summed E-state index contributed by atoms with van der Waals surface area (Å²) in [6.45, 7) is 18.8. The lowest BCUT2D eigenvalue weighted by Crippen LogP contribution is -2.59. The van der Waals surface area contributed by atoms with Crippen molar-refractivity contribution in [2.75, 3.05) is 66.9 Å². The molecule has 12 atom stereocenters. The summed E-state index contributed by atoms with van der Waals surface area (Å²) in [5.74, 6) is -8.57. The van der Waals surface area contributed by atoms with E-state index in [1.54, 1.807) is 61.9 Å². The lowest BCUT2D eigenvalue weighted by Gasteiger charge is -2.41. The van der Waals surface area contributed by atoms with Gasteiger partial charge in [-0.3, -0.25) is 57.6 Å². The summed E-state index contributed by atoms with van der Waals surface area (Å²) in [7, 11) is 8.33. The van der Waals surface area contributed by atoms with E-state index >= 15 is 0 Å². The molecule has 28 nitrogen and oxygen atoms in total. The van der Waals surface area contributed by atoms with Gasteiger partial charge in [-0.25, -0.2) is 0 Å². The van der Waals surface area contributed by atoms with Crippen LogP contribution in [-0.4, -0.2) is 212 Å². The van der Waals surface area contributed by atoms with Crippen LogP contribution in [-0.2, 0) is 68.6 Å². The third-order valence-electron chi connectivity index (χ3n) is 17.2. The third-order valence-corrected chi connectivity index (χ3v) is 17.2. The molecular weight excluding hydrogens is 1160 g/mol. The first-order chi connectivity index (χ1) is 42.3. The fraction of sp³-hybridized carbons (Fsp3) is 0.726. The Morgan fingerprint density at radius 1 is 0.722 bits per heavy atom. The number of nitrogens with zero attached hydrogens (tertiary/aromatic N) is 7. The van der Waals surface area contributed by atoms with Gasteiger partial charge in [-0.1, -0.05) is 86.0 Å². The number of azide groups is 1. The molecule has 504 valence electrons. The van der Waals surface area contributed by atoms with Crippen molar-refractivity contribution in [2.24, 2.45) is 46.4 Å². The second-order valence-electron chi connectivity index (χ2n) is 25.2. The minimum absolute atomic E-state index is 0.0118. The van der Waals surface area contributed by atoms with Crippen LogP contribution in [0.4, 0.5) is 5.69 Å². The van der Waals surface area contributed by atoms with E-state index in [9.17, 15) is 63.4 Å². The van der Waals surface area contributed by atoms with Gasteiger partial charge in [0.05, 0.1) is 55.0 Å². The molecule has 0 aliphatic carbocycles. The van der Waals surface area contributed by atoms with Crippen LogP contribution in [0.5, 0.6) is 0 Å². The number of ether oxygens (including phenoxy) is 2. The van der Waals surface area contributed by atoms with Crippen LogP contribution < -0.4 is 37.6 Å². The molecule has 9 N–H and O–H groups in total. The molecule has 10 amide bonds. The van der Waals surface area contributed by atoms with Crippen molar-refractivity contribution in [3.05, 3.63) is 40.3 Å². The molecular formula is C62H102N14O14. The third kappa shape index (κ3) is 22.8. The number of anilines is 1. The van der Waals surface area contributed by atoms with E-state index in [1.165, 1.54) is 26.0 Å². The van der Waals surface area contributed by atoms with E-state index in [0.717, 1.165) is 0 Å². The molecule has 90 heavy (non-hydrogen) atoms. The lowest BCUT2D eigenvalue weighted by molar-refractivity contribution is -0.148. The minimum atomic E-state index is -1.49. The van der Waals surface area contributed by atoms with Gasteiger partial charge in [0, 0.05) is 76.9 Å². The van der Waals surface area contributed by atoms with Crippen LogP contribution in [0.2, 0.25) is 0 Å². The topological polar surface area (TPSA) is 386 Å². The first-order valence-electron chi connectivity index (χ1n) is 31.3. The summed E-state index contributed by atoms with van der Waals surface area (Å²) in [4.78, 5) is 156. The van der Waals surface area contributed by atoms with Gasteiger partial charge in [0.1, 0.15) is 24.2 Å². The number of carboxylic acid groups (broad SMARTS) is 1. The van der Waals surface area contributed by atoms with Crippen LogP contribution in [0.25, 0.3) is 10.4 Å². The van der Waals surface area contributed by atoms with Gasteiger partial charge in [-0.05, 0) is 100 Å². The highest BCUT2D eigenvalue weighted by atomic mass is 16.5. The summed E-state index contributed by atoms with van der Waals surface area (Å²) in [6.07, 6.45) is 0.0863. The largest absolute Gasteiger partial charge is 0.481 e. The quantitative estimate of drug-likeness (QED) is 0.0272. The van der Waals surface area contributed by atoms with Crippen LogP contribution in [0.3, 0.4) is 0 Å². The maximum Gasteiger partial charge on any atom is 0.306 e. The van der Waals surface area contributed by atoms with Gasteiger partial charge < -0.3 is 66.9 Å². The predicted molar refractivity (Wildman–Crippen MR) is 336 cm³/mol. The number of carbonyl (C=O) groups excluding carboxylic acids is 10. The number of piperidine rings is 1. The molecule has 0 radical (unpaired) electrons. The molecule has 2 saturated heterocycles. The first kappa shape index (κ1) is 76.8. The number of likely N-dealkylation sites (N-methyl/N-ethyl adjacent to an activating group) is 2. The number of methoxy groups -OCH3 is 2. The van der Waals surface area contributed by atoms with E-state index < -0.39 is 126 Å². The smallest absolute Gasteiger partial charge is 0.306 e. The molecule has 0 spiro atoms. The van der Waals surface area contributed by atoms with Gasteiger partial charge in [0.2, 0.25) is 59.1 Å². The maximum atomic E-state index is 14.5. The number of carboxylic acids is 1. The van der Waals surface area contributed by atoms with Crippen molar-refractivity contribution >= 4 is 70.7 Å². The zero-order valence-electron chi connectivity index (χ0n) is 55.4. The number of benzene rings is 1. The SMILES string of the molecule is CC[C@H](C)[C@@H]([C@@H](CC(=O)N1CCC[C@H]1[C@H](OC)[C@@H](C)C(=O)N[C@H](CN=[N+]=[N-])Cc1ccc(NC(=O)[C@H](CC(N)=O)NC(=O)[C@@H](NC(=O)[C@H](C)NC(=O)CCC(=O)N2CCC(C(=O)O)CC2)C(C)C)cc1)OC)N(C)C(=O)[C@@H](NC(=O)[C@H](C(C)C)N(C)C)C(C)C. The normalized spacial score (nSPS) is 18.1. The van der Waals surface area contributed by atoms with Crippen LogP contribution >= 0.6 is 0 Å². The summed E-state index contributed by atoms with van der Waals surface area (Å²) in [5, 5.41) is 29.3. The Balaban J connectivity index is 1.68. The Kier molecular flexibility index (Phi) is 31.6. The van der Waals surface area contributed by atoms with Crippen LogP contribution in [0.15, 0.2) is 29.4 Å². The molecule has 0 bridgehead atoms. The van der Waals surface area contributed by atoms with Gasteiger partial charge in [0.15, 0.2) is 0 Å². The fourth-order valence-corrected chi connectivity index (χ4v) is 11.9. The van der Waals surface area contributed by atoms with E-state index in [1.807, 2.05) is 60.5 Å². The molecule has 2 heterocycles. The van der Waals surface area contributed by atoms with Crippen LogP contribution in [0, 0.1) is 35.5 Å². The second-order valence-corrected chi connectivity index (χ2v) is 25.2. The number of primary amides is 1. The molecule has 0 saturated carbocycles. The van der Waals surface area contributed by atoms with Crippen molar-refractivity contribution in [2.45, 2.75) is 194 Å². The van der Waals surface area contributed by atoms with Crippen molar-refractivity contribution < 1.29 is 67.3 Å². The highest BCUT2D eigenvalue weighted by molar-refractivity contribution is 6.01. The molecule has 0 aromatic heterocycles. The van der Waals surface area contributed by atoms with Crippen molar-refractivity contribution in [1.82, 2.24) is 46.2 Å². The Hall–Kier alpha value is -7.42. The molecule has 0 unspecified atom stereocenters. The molecule has 1 aromatic carbocycles. The maximum absolute atomic E-state index is 14.5. The highest BCUT2D eigenvalue weighted by Crippen LogP contribution is 2.30. The standard InChI is InChI=1S/C62H102N14O14/c1-16-37(8)54(74(13)61(86)52(35(4)5)71-60(85)53(36(6)7)73(11)12)46(89-14)32-50(80)76-27-17-18-45(76)55(90-15)38(9)56(81)68-43(33-65-72-64)30-40-19-21-42(22-20-40)67-58(83)44(31-47(63)77)69-59(84)51(34(2)3)70-57(82)39(10)66-48(78)23-24-49(79)75-28-25-41(26-29-75)62(87)88/h19-22,34-39,41,43-46,51-55H,16-18,23-33H2,1-15H3,(H2,63,77)(H,66,78)(H,67,83)(H,68,81)(H,69,84)(H,70,82)(H,71,85)(H,87,88)/t37-,38+,39-,43-,44-,45-,46+,51-,52-,53-,54-,55+/m0/s1. The Bertz CT molecular complexity index is 2650. The first-order valence-corrected chi connectivity index (χ1v) is 31.3. The second kappa shape index (κ2) is 37.0. The summed E-state index contributed by atoms with van der Waals surface area (Å²) in [5.41, 5.74) is 15.7. The zero-order valence-corrected chi connectivity index (χ0v) is 55.4. The number of nitrogens with one attached hydrogen (secondary N) is 6. The fourth-order valence-electron chi connectivity index (χ4n) is 11.9. The molecule has 3 rings (SSSR count). The number of hydrogen-bond acceptors (Lipinski definition) is 15. The summed E-state index contributed by atoms with van der Waals surface area (Å²) >= 11 is 0. The van der Waals surface area contributed by atoms with E-state index in [4.69, 9.17) is 15.2 Å². The highest BCUT2D eigenvalue weighted by Gasteiger charge is 2.44. The number of carbonyl (C=O) groups is 11. The zero-order chi connectivity index (χ0) is 67.9. The number of rotatable bonds is 36. The summed E-state index contributed by atoms with van der Waals surface area (Å²) < 4.78 is 12.1. The van der Waals surface area contributed by atoms with Crippen molar-refractivity contribution in [1.29, 1.82) is 0 Å². The average molecular weight is 1270 g/mol. The number of likely N-dealkylation sites (tertiary alicyclic amines) is 2. The minimum Gasteiger partial charge on any atom is -0.481 e. The van der Waals surface area contributed by atoms with E-state index in [2.05, 4.69) is 41.9 Å². The lowest BCUT2D eigenvalue weighted by atomic mass is 9.89. The van der Waals surface area contributed by atoms with Crippen LogP contribution in [0.1, 0.15) is 133 Å². The molecule has 2 aliphatic heterocycles. The van der Waals surface area contributed by atoms with Gasteiger partial charge in [-0.2, -0.15) is 0 Å². The number of nitrogens with two attached hydrogens (primary N) is 1. The molecule has 28 heteroatoms. The van der Waals surface area contributed by atoms with Gasteiger partial charge >= 0.3 is 5.97 Å². The number of hydrogen-bond donors (Lipinski definition) is 8. The predicted octanol–water partition coefficient (Wildman–Crippen LogP) is 2.72. The number of amides is 10. The Morgan fingerprint density at radius 3 is 1.86 bits per heavy atom.